The van der Waals surface area contributed by atoms with Crippen LogP contribution in [0.4, 0.5) is 5.00 Å². The van der Waals surface area contributed by atoms with Crippen LogP contribution in [0.15, 0.2) is 0 Å². The Morgan fingerprint density at radius 2 is 1.84 bits per heavy atom. The molecule has 1 heterocycles. The fourth-order valence-electron chi connectivity index (χ4n) is 3.15. The molecular formula is C18H24N2O4S. The molecule has 1 aromatic heterocycles. The molecule has 2 fully saturated rings. The molecule has 2 aliphatic carbocycles. The van der Waals surface area contributed by atoms with E-state index in [-0.39, 0.29) is 30.4 Å². The first-order valence-electron chi connectivity index (χ1n) is 8.93. The number of hydrogen-bond donors (Lipinski definition) is 2. The van der Waals surface area contributed by atoms with Crippen LogP contribution in [0.3, 0.4) is 0 Å². The number of carbonyl (C=O) groups excluding carboxylic acids is 3. The average Bonchev–Trinajstić information content (AvgIpc) is 3.21. The fourth-order valence-corrected chi connectivity index (χ4v) is 4.25. The Balaban J connectivity index is 1.85. The molecule has 136 valence electrons. The van der Waals surface area contributed by atoms with Gasteiger partial charge < -0.3 is 15.4 Å². The minimum atomic E-state index is -0.498. The van der Waals surface area contributed by atoms with Gasteiger partial charge >= 0.3 is 5.97 Å². The van der Waals surface area contributed by atoms with Crippen molar-refractivity contribution in [3.05, 3.63) is 16.0 Å². The van der Waals surface area contributed by atoms with E-state index < -0.39 is 5.97 Å². The molecule has 0 spiro atoms. The van der Waals surface area contributed by atoms with E-state index >= 15 is 0 Å². The summed E-state index contributed by atoms with van der Waals surface area (Å²) in [5, 5.41) is 6.28. The summed E-state index contributed by atoms with van der Waals surface area (Å²) in [5.74, 6) is -0.739. The maximum absolute atomic E-state index is 12.6. The van der Waals surface area contributed by atoms with Crippen molar-refractivity contribution in [2.24, 2.45) is 5.92 Å². The number of rotatable bonds is 6. The van der Waals surface area contributed by atoms with E-state index in [9.17, 15) is 14.4 Å². The van der Waals surface area contributed by atoms with Crippen LogP contribution in [0.25, 0.3) is 0 Å². The van der Waals surface area contributed by atoms with Gasteiger partial charge in [0.05, 0.1) is 17.0 Å². The van der Waals surface area contributed by atoms with Crippen LogP contribution in [-0.2, 0) is 9.53 Å². The van der Waals surface area contributed by atoms with E-state index in [4.69, 9.17) is 4.74 Å². The van der Waals surface area contributed by atoms with Gasteiger partial charge in [-0.2, -0.15) is 0 Å². The highest BCUT2D eigenvalue weighted by Crippen LogP contribution is 2.37. The maximum atomic E-state index is 12.6. The number of anilines is 1. The SMILES string of the molecule is CCOC(=O)c1c(NC(=O)C2CC2)sc(C(=O)NC2CCCC2)c1C. The molecule has 2 aliphatic rings. The van der Waals surface area contributed by atoms with Gasteiger partial charge in [0, 0.05) is 12.0 Å². The number of esters is 1. The molecule has 6 nitrogen and oxygen atoms in total. The lowest BCUT2D eigenvalue weighted by atomic mass is 10.1. The molecule has 0 saturated heterocycles. The van der Waals surface area contributed by atoms with E-state index in [2.05, 4.69) is 10.6 Å². The van der Waals surface area contributed by atoms with E-state index in [1.807, 2.05) is 0 Å². The molecule has 0 aromatic carbocycles. The molecule has 25 heavy (non-hydrogen) atoms. The van der Waals surface area contributed by atoms with Gasteiger partial charge in [0.1, 0.15) is 5.00 Å². The summed E-state index contributed by atoms with van der Waals surface area (Å²) in [7, 11) is 0. The van der Waals surface area contributed by atoms with Crippen molar-refractivity contribution in [3.63, 3.8) is 0 Å². The Morgan fingerprint density at radius 3 is 2.44 bits per heavy atom. The largest absolute Gasteiger partial charge is 0.462 e. The van der Waals surface area contributed by atoms with Gasteiger partial charge in [-0.1, -0.05) is 12.8 Å². The topological polar surface area (TPSA) is 84.5 Å². The molecule has 2 saturated carbocycles. The minimum absolute atomic E-state index is 0.0215. The summed E-state index contributed by atoms with van der Waals surface area (Å²) in [6.07, 6.45) is 5.99. The molecule has 7 heteroatoms. The van der Waals surface area contributed by atoms with Crippen LogP contribution in [0.2, 0.25) is 0 Å². The summed E-state index contributed by atoms with van der Waals surface area (Å²) >= 11 is 1.16. The van der Waals surface area contributed by atoms with Gasteiger partial charge in [-0.25, -0.2) is 4.79 Å². The van der Waals surface area contributed by atoms with Crippen LogP contribution >= 0.6 is 11.3 Å². The monoisotopic (exact) mass is 364 g/mol. The number of nitrogens with one attached hydrogen (secondary N) is 2. The van der Waals surface area contributed by atoms with Gasteiger partial charge in [-0.05, 0) is 45.1 Å². The highest BCUT2D eigenvalue weighted by Gasteiger charge is 2.33. The molecule has 1 aromatic rings. The van der Waals surface area contributed by atoms with Crippen molar-refractivity contribution in [2.75, 3.05) is 11.9 Å². The van der Waals surface area contributed by atoms with Crippen LogP contribution in [-0.4, -0.2) is 30.4 Å². The fraction of sp³-hybridized carbons (Fsp3) is 0.611. The average molecular weight is 364 g/mol. The van der Waals surface area contributed by atoms with E-state index in [1.165, 1.54) is 0 Å². The highest BCUT2D eigenvalue weighted by atomic mass is 32.1. The zero-order valence-corrected chi connectivity index (χ0v) is 15.5. The first-order chi connectivity index (χ1) is 12.0. The predicted molar refractivity (Wildman–Crippen MR) is 96.1 cm³/mol. The number of hydrogen-bond acceptors (Lipinski definition) is 5. The molecule has 0 bridgehead atoms. The second-order valence-electron chi connectivity index (χ2n) is 6.70. The molecule has 2 N–H and O–H groups in total. The van der Waals surface area contributed by atoms with E-state index in [0.717, 1.165) is 49.9 Å². The molecule has 0 atom stereocenters. The Labute approximate surface area is 151 Å². The first kappa shape index (κ1) is 17.9. The lowest BCUT2D eigenvalue weighted by Gasteiger charge is -2.11. The van der Waals surface area contributed by atoms with Gasteiger partial charge in [-0.3, -0.25) is 9.59 Å². The number of amides is 2. The molecular weight excluding hydrogens is 340 g/mol. The van der Waals surface area contributed by atoms with Crippen molar-refractivity contribution >= 4 is 34.1 Å². The summed E-state index contributed by atoms with van der Waals surface area (Å²) in [6.45, 7) is 3.71. The van der Waals surface area contributed by atoms with Crippen LogP contribution in [0.5, 0.6) is 0 Å². The van der Waals surface area contributed by atoms with Crippen LogP contribution in [0.1, 0.15) is 71.0 Å². The standard InChI is InChI=1S/C18H24N2O4S/c1-3-24-18(23)13-10(2)14(16(22)19-12-6-4-5-7-12)25-17(13)20-15(21)11-8-9-11/h11-12H,3-9H2,1-2H3,(H,19,22)(H,20,21). The second kappa shape index (κ2) is 7.56. The summed E-state index contributed by atoms with van der Waals surface area (Å²) in [4.78, 5) is 37.6. The third-order valence-electron chi connectivity index (χ3n) is 4.71. The molecule has 3 rings (SSSR count). The molecule has 0 aliphatic heterocycles. The summed E-state index contributed by atoms with van der Waals surface area (Å²) in [5.41, 5.74) is 0.877. The van der Waals surface area contributed by atoms with Gasteiger partial charge in [0.15, 0.2) is 0 Å². The number of thiophene rings is 1. The Kier molecular flexibility index (Phi) is 5.42. The van der Waals surface area contributed by atoms with Gasteiger partial charge in [-0.15, -0.1) is 11.3 Å². The third-order valence-corrected chi connectivity index (χ3v) is 5.91. The van der Waals surface area contributed by atoms with Crippen molar-refractivity contribution in [1.29, 1.82) is 0 Å². The Bertz CT molecular complexity index is 687. The highest BCUT2D eigenvalue weighted by molar-refractivity contribution is 7.18. The lowest BCUT2D eigenvalue weighted by Crippen LogP contribution is -2.32. The summed E-state index contributed by atoms with van der Waals surface area (Å²) in [6, 6.07) is 0.199. The number of ether oxygens (including phenoxy) is 1. The first-order valence-corrected chi connectivity index (χ1v) is 9.75. The molecule has 0 unspecified atom stereocenters. The Morgan fingerprint density at radius 1 is 1.16 bits per heavy atom. The molecule has 0 radical (unpaired) electrons. The van der Waals surface area contributed by atoms with Crippen LogP contribution in [0, 0.1) is 12.8 Å². The predicted octanol–water partition coefficient (Wildman–Crippen LogP) is 3.25. The van der Waals surface area contributed by atoms with Crippen LogP contribution < -0.4 is 10.6 Å². The lowest BCUT2D eigenvalue weighted by molar-refractivity contribution is -0.117. The van der Waals surface area contributed by atoms with Crippen molar-refractivity contribution in [2.45, 2.75) is 58.4 Å². The second-order valence-corrected chi connectivity index (χ2v) is 7.72. The van der Waals surface area contributed by atoms with Gasteiger partial charge in [0.2, 0.25) is 5.91 Å². The smallest absolute Gasteiger partial charge is 0.341 e. The zero-order valence-electron chi connectivity index (χ0n) is 14.6. The third kappa shape index (κ3) is 4.03. The quantitative estimate of drug-likeness (QED) is 0.759. The number of carbonyl (C=O) groups is 3. The minimum Gasteiger partial charge on any atom is -0.462 e. The Hall–Kier alpha value is -1.89. The van der Waals surface area contributed by atoms with Crippen molar-refractivity contribution in [3.8, 4) is 0 Å². The van der Waals surface area contributed by atoms with Crippen molar-refractivity contribution < 1.29 is 19.1 Å². The van der Waals surface area contributed by atoms with E-state index in [0.29, 0.717) is 21.0 Å². The van der Waals surface area contributed by atoms with Crippen molar-refractivity contribution in [1.82, 2.24) is 5.32 Å². The normalized spacial score (nSPS) is 17.4. The summed E-state index contributed by atoms with van der Waals surface area (Å²) < 4.78 is 5.12. The maximum Gasteiger partial charge on any atom is 0.341 e. The van der Waals surface area contributed by atoms with E-state index in [1.54, 1.807) is 13.8 Å². The molecule has 2 amide bonds. The van der Waals surface area contributed by atoms with Gasteiger partial charge in [0.25, 0.3) is 5.91 Å². The zero-order chi connectivity index (χ0) is 18.0.